The highest BCUT2D eigenvalue weighted by Crippen LogP contribution is 2.24. The fourth-order valence-corrected chi connectivity index (χ4v) is 0.413. The summed E-state index contributed by atoms with van der Waals surface area (Å²) in [6.07, 6.45) is 2.04. The molecule has 1 nitrogen and oxygen atoms in total. The van der Waals surface area contributed by atoms with E-state index in [2.05, 4.69) is 10.7 Å². The van der Waals surface area contributed by atoms with E-state index in [1.165, 1.54) is 13.8 Å². The summed E-state index contributed by atoms with van der Waals surface area (Å²) in [5, 5.41) is 0. The molecule has 0 radical (unpaired) electrons. The standard InChI is InChI=1S/C8H12F2O/c1-4-5-6-11-8(9,10)7(2)3/h1,7H,5-6H2,2-3H3. The van der Waals surface area contributed by atoms with Gasteiger partial charge in [0, 0.05) is 12.3 Å². The molecule has 0 unspecified atom stereocenters. The lowest BCUT2D eigenvalue weighted by atomic mass is 10.2. The Bertz CT molecular complexity index is 147. The molecule has 0 fully saturated rings. The molecule has 0 saturated carbocycles. The van der Waals surface area contributed by atoms with E-state index in [9.17, 15) is 8.78 Å². The molecule has 0 aliphatic heterocycles. The first kappa shape index (κ1) is 10.4. The molecule has 0 spiro atoms. The van der Waals surface area contributed by atoms with Gasteiger partial charge in [-0.2, -0.15) is 8.78 Å². The summed E-state index contributed by atoms with van der Waals surface area (Å²) in [6.45, 7) is 2.72. The SMILES string of the molecule is C#CCCOC(F)(F)C(C)C. The zero-order valence-electron chi connectivity index (χ0n) is 6.73. The number of hydrogen-bond donors (Lipinski definition) is 0. The lowest BCUT2D eigenvalue weighted by Crippen LogP contribution is -2.27. The quantitative estimate of drug-likeness (QED) is 0.455. The Balaban J connectivity index is 3.66. The third-order valence-electron chi connectivity index (χ3n) is 1.21. The Morgan fingerprint density at radius 3 is 2.45 bits per heavy atom. The van der Waals surface area contributed by atoms with Crippen molar-refractivity contribution in [3.05, 3.63) is 0 Å². The van der Waals surface area contributed by atoms with Gasteiger partial charge in [0.1, 0.15) is 0 Å². The Kier molecular flexibility index (Phi) is 4.06. The Morgan fingerprint density at radius 2 is 2.09 bits per heavy atom. The molecule has 0 saturated heterocycles. The summed E-state index contributed by atoms with van der Waals surface area (Å²) >= 11 is 0. The number of hydrogen-bond acceptors (Lipinski definition) is 1. The van der Waals surface area contributed by atoms with Gasteiger partial charge in [0.05, 0.1) is 6.61 Å². The van der Waals surface area contributed by atoms with Crippen LogP contribution in [0.4, 0.5) is 8.78 Å². The second-order valence-corrected chi connectivity index (χ2v) is 2.52. The minimum atomic E-state index is -3.04. The van der Waals surface area contributed by atoms with Crippen LogP contribution in [0.3, 0.4) is 0 Å². The molecule has 0 aromatic heterocycles. The smallest absolute Gasteiger partial charge is 0.319 e. The van der Waals surface area contributed by atoms with Crippen LogP contribution in [-0.4, -0.2) is 12.7 Å². The fraction of sp³-hybridized carbons (Fsp3) is 0.750. The molecule has 0 rings (SSSR count). The summed E-state index contributed by atoms with van der Waals surface area (Å²) in [6, 6.07) is 0. The van der Waals surface area contributed by atoms with Crippen LogP contribution < -0.4 is 0 Å². The van der Waals surface area contributed by atoms with Gasteiger partial charge in [-0.05, 0) is 0 Å². The number of rotatable bonds is 4. The molecular formula is C8H12F2O. The van der Waals surface area contributed by atoms with Gasteiger partial charge >= 0.3 is 6.11 Å². The van der Waals surface area contributed by atoms with E-state index in [1.807, 2.05) is 0 Å². The van der Waals surface area contributed by atoms with Crippen molar-refractivity contribution in [2.45, 2.75) is 26.4 Å². The molecule has 0 aliphatic rings. The molecule has 0 N–H and O–H groups in total. The summed E-state index contributed by atoms with van der Waals surface area (Å²) in [4.78, 5) is 0. The van der Waals surface area contributed by atoms with Crippen molar-refractivity contribution in [1.29, 1.82) is 0 Å². The number of halogens is 2. The van der Waals surface area contributed by atoms with E-state index in [0.717, 1.165) is 0 Å². The van der Waals surface area contributed by atoms with Crippen LogP contribution in [0.5, 0.6) is 0 Å². The Morgan fingerprint density at radius 1 is 1.55 bits per heavy atom. The molecular weight excluding hydrogens is 150 g/mol. The molecule has 0 aromatic carbocycles. The maximum absolute atomic E-state index is 12.6. The topological polar surface area (TPSA) is 9.23 Å². The molecule has 0 aromatic rings. The summed E-state index contributed by atoms with van der Waals surface area (Å²) in [7, 11) is 0. The van der Waals surface area contributed by atoms with Crippen LogP contribution >= 0.6 is 0 Å². The molecule has 0 heterocycles. The van der Waals surface area contributed by atoms with Gasteiger partial charge in [0.15, 0.2) is 0 Å². The van der Waals surface area contributed by atoms with E-state index in [4.69, 9.17) is 6.42 Å². The average Bonchev–Trinajstić information content (AvgIpc) is 1.88. The molecule has 0 atom stereocenters. The van der Waals surface area contributed by atoms with Crippen molar-refractivity contribution in [2.24, 2.45) is 5.92 Å². The second kappa shape index (κ2) is 4.30. The van der Waals surface area contributed by atoms with Gasteiger partial charge in [0.2, 0.25) is 0 Å². The Hall–Kier alpha value is -0.620. The van der Waals surface area contributed by atoms with Crippen molar-refractivity contribution < 1.29 is 13.5 Å². The molecule has 3 heteroatoms. The lowest BCUT2D eigenvalue weighted by molar-refractivity contribution is -0.263. The highest BCUT2D eigenvalue weighted by atomic mass is 19.3. The second-order valence-electron chi connectivity index (χ2n) is 2.52. The first-order chi connectivity index (χ1) is 5.00. The molecule has 0 amide bonds. The Labute approximate surface area is 65.7 Å². The predicted octanol–water partition coefficient (Wildman–Crippen LogP) is 2.28. The monoisotopic (exact) mass is 162 g/mol. The third-order valence-corrected chi connectivity index (χ3v) is 1.21. The van der Waals surface area contributed by atoms with Gasteiger partial charge in [-0.15, -0.1) is 12.3 Å². The van der Waals surface area contributed by atoms with Crippen molar-refractivity contribution in [2.75, 3.05) is 6.61 Å². The van der Waals surface area contributed by atoms with E-state index in [0.29, 0.717) is 0 Å². The molecule has 64 valence electrons. The zero-order chi connectivity index (χ0) is 8.91. The van der Waals surface area contributed by atoms with Gasteiger partial charge < -0.3 is 4.74 Å². The van der Waals surface area contributed by atoms with Gasteiger partial charge in [-0.3, -0.25) is 0 Å². The molecule has 0 aliphatic carbocycles. The zero-order valence-corrected chi connectivity index (χ0v) is 6.73. The minimum Gasteiger partial charge on any atom is -0.319 e. The lowest BCUT2D eigenvalue weighted by Gasteiger charge is -2.19. The van der Waals surface area contributed by atoms with Crippen molar-refractivity contribution in [3.63, 3.8) is 0 Å². The van der Waals surface area contributed by atoms with Crippen LogP contribution in [0, 0.1) is 18.3 Å². The number of terminal acetylenes is 1. The summed E-state index contributed by atoms with van der Waals surface area (Å²) < 4.78 is 29.4. The fourth-order valence-electron chi connectivity index (χ4n) is 0.413. The van der Waals surface area contributed by atoms with E-state index >= 15 is 0 Å². The maximum Gasteiger partial charge on any atom is 0.358 e. The van der Waals surface area contributed by atoms with Crippen LogP contribution in [0.15, 0.2) is 0 Å². The van der Waals surface area contributed by atoms with Crippen LogP contribution in [0.2, 0.25) is 0 Å². The maximum atomic E-state index is 12.6. The summed E-state index contributed by atoms with van der Waals surface area (Å²) in [5.74, 6) is 1.42. The van der Waals surface area contributed by atoms with Crippen molar-refractivity contribution in [3.8, 4) is 12.3 Å². The first-order valence-corrected chi connectivity index (χ1v) is 3.46. The molecule has 11 heavy (non-hydrogen) atoms. The normalized spacial score (nSPS) is 11.6. The largest absolute Gasteiger partial charge is 0.358 e. The van der Waals surface area contributed by atoms with Crippen LogP contribution in [0.25, 0.3) is 0 Å². The molecule has 0 bridgehead atoms. The average molecular weight is 162 g/mol. The van der Waals surface area contributed by atoms with Crippen molar-refractivity contribution in [1.82, 2.24) is 0 Å². The predicted molar refractivity (Wildman–Crippen MR) is 39.2 cm³/mol. The highest BCUT2D eigenvalue weighted by molar-refractivity contribution is 4.83. The van der Waals surface area contributed by atoms with E-state index < -0.39 is 12.0 Å². The van der Waals surface area contributed by atoms with Crippen LogP contribution in [0.1, 0.15) is 20.3 Å². The van der Waals surface area contributed by atoms with E-state index in [1.54, 1.807) is 0 Å². The minimum absolute atomic E-state index is 0.0817. The van der Waals surface area contributed by atoms with E-state index in [-0.39, 0.29) is 13.0 Å². The highest BCUT2D eigenvalue weighted by Gasteiger charge is 2.33. The van der Waals surface area contributed by atoms with Crippen molar-refractivity contribution >= 4 is 0 Å². The summed E-state index contributed by atoms with van der Waals surface area (Å²) in [5.41, 5.74) is 0. The van der Waals surface area contributed by atoms with Crippen LogP contribution in [-0.2, 0) is 4.74 Å². The number of ether oxygens (including phenoxy) is 1. The van der Waals surface area contributed by atoms with Gasteiger partial charge in [0.25, 0.3) is 0 Å². The van der Waals surface area contributed by atoms with Gasteiger partial charge in [-0.25, -0.2) is 0 Å². The number of alkyl halides is 2. The van der Waals surface area contributed by atoms with Gasteiger partial charge in [-0.1, -0.05) is 13.8 Å². The first-order valence-electron chi connectivity index (χ1n) is 3.46. The third kappa shape index (κ3) is 3.94.